The zero-order valence-corrected chi connectivity index (χ0v) is 11.7. The van der Waals surface area contributed by atoms with Crippen molar-refractivity contribution in [1.82, 2.24) is 19.6 Å². The summed E-state index contributed by atoms with van der Waals surface area (Å²) >= 11 is 0. The fourth-order valence-electron chi connectivity index (χ4n) is 2.34. The van der Waals surface area contributed by atoms with E-state index in [0.29, 0.717) is 0 Å². The molecular weight excluding hydrogens is 250 g/mol. The second kappa shape index (κ2) is 5.28. The third-order valence-electron chi connectivity index (χ3n) is 3.21. The van der Waals surface area contributed by atoms with E-state index in [9.17, 15) is 0 Å². The highest BCUT2D eigenvalue weighted by Crippen LogP contribution is 2.09. The molecule has 0 aliphatic heterocycles. The van der Waals surface area contributed by atoms with Gasteiger partial charge in [-0.05, 0) is 26.0 Å². The van der Waals surface area contributed by atoms with E-state index in [-0.39, 0.29) is 0 Å². The molecule has 0 saturated heterocycles. The van der Waals surface area contributed by atoms with Gasteiger partial charge in [-0.2, -0.15) is 0 Å². The molecule has 5 nitrogen and oxygen atoms in total. The van der Waals surface area contributed by atoms with Crippen LogP contribution in [0.3, 0.4) is 0 Å². The van der Waals surface area contributed by atoms with Crippen LogP contribution in [0.1, 0.15) is 17.3 Å². The Morgan fingerprint density at radius 1 is 1.10 bits per heavy atom. The van der Waals surface area contributed by atoms with Gasteiger partial charge in [0, 0.05) is 30.4 Å². The highest BCUT2D eigenvalue weighted by Gasteiger charge is 2.08. The molecule has 0 amide bonds. The lowest BCUT2D eigenvalue weighted by Crippen LogP contribution is -2.09. The molecule has 2 heterocycles. The third kappa shape index (κ3) is 2.47. The summed E-state index contributed by atoms with van der Waals surface area (Å²) in [7, 11) is 0. The summed E-state index contributed by atoms with van der Waals surface area (Å²) in [5, 5.41) is 11.8. The predicted molar refractivity (Wildman–Crippen MR) is 78.9 cm³/mol. The largest absolute Gasteiger partial charge is 0.385 e. The Morgan fingerprint density at radius 2 is 1.90 bits per heavy atom. The Hall–Kier alpha value is -2.43. The molecule has 0 bridgehead atoms. The first-order valence-electron chi connectivity index (χ1n) is 6.71. The fraction of sp³-hybridized carbons (Fsp3) is 0.267. The molecule has 102 valence electrons. The SMILES string of the molecule is Cc1cc2nnc(CCNc3ccccc3)n2c(C)n1. The quantitative estimate of drug-likeness (QED) is 0.788. The van der Waals surface area contributed by atoms with Crippen molar-refractivity contribution < 1.29 is 0 Å². The van der Waals surface area contributed by atoms with Crippen molar-refractivity contribution >= 4 is 11.3 Å². The van der Waals surface area contributed by atoms with Crippen molar-refractivity contribution in [2.45, 2.75) is 20.3 Å². The van der Waals surface area contributed by atoms with E-state index in [1.807, 2.05) is 42.5 Å². The number of para-hydroxylation sites is 1. The summed E-state index contributed by atoms with van der Waals surface area (Å²) in [6.45, 7) is 4.77. The molecular formula is C15H17N5. The minimum atomic E-state index is 0.807. The maximum atomic E-state index is 4.46. The van der Waals surface area contributed by atoms with Crippen LogP contribution in [0.2, 0.25) is 0 Å². The van der Waals surface area contributed by atoms with Crippen LogP contribution in [0.25, 0.3) is 5.65 Å². The molecule has 0 atom stereocenters. The van der Waals surface area contributed by atoms with Gasteiger partial charge in [0.25, 0.3) is 0 Å². The van der Waals surface area contributed by atoms with Crippen LogP contribution in [-0.2, 0) is 6.42 Å². The number of aromatic nitrogens is 4. The van der Waals surface area contributed by atoms with Gasteiger partial charge < -0.3 is 5.32 Å². The van der Waals surface area contributed by atoms with Gasteiger partial charge in [0.05, 0.1) is 0 Å². The van der Waals surface area contributed by atoms with E-state index >= 15 is 0 Å². The van der Waals surface area contributed by atoms with Crippen molar-refractivity contribution in [3.05, 3.63) is 53.7 Å². The van der Waals surface area contributed by atoms with Crippen molar-refractivity contribution in [2.24, 2.45) is 0 Å². The third-order valence-corrected chi connectivity index (χ3v) is 3.21. The van der Waals surface area contributed by atoms with Crippen molar-refractivity contribution in [2.75, 3.05) is 11.9 Å². The van der Waals surface area contributed by atoms with Crippen LogP contribution in [0.15, 0.2) is 36.4 Å². The standard InChI is InChI=1S/C15H17N5/c1-11-10-15-19-18-14(20(15)12(2)17-11)8-9-16-13-6-4-3-5-7-13/h3-7,10,16H,8-9H2,1-2H3. The van der Waals surface area contributed by atoms with Gasteiger partial charge in [-0.1, -0.05) is 18.2 Å². The van der Waals surface area contributed by atoms with Gasteiger partial charge in [0.1, 0.15) is 11.6 Å². The van der Waals surface area contributed by atoms with Gasteiger partial charge in [0.15, 0.2) is 5.65 Å². The normalized spacial score (nSPS) is 10.9. The summed E-state index contributed by atoms with van der Waals surface area (Å²) in [4.78, 5) is 4.46. The predicted octanol–water partition coefficient (Wildman–Crippen LogP) is 2.40. The monoisotopic (exact) mass is 267 g/mol. The topological polar surface area (TPSA) is 55.1 Å². The number of hydrogen-bond donors (Lipinski definition) is 1. The Labute approximate surface area is 117 Å². The van der Waals surface area contributed by atoms with E-state index in [1.54, 1.807) is 0 Å². The van der Waals surface area contributed by atoms with E-state index in [1.165, 1.54) is 0 Å². The minimum absolute atomic E-state index is 0.807. The lowest BCUT2D eigenvalue weighted by molar-refractivity contribution is 0.835. The summed E-state index contributed by atoms with van der Waals surface area (Å²) < 4.78 is 2.01. The molecule has 20 heavy (non-hydrogen) atoms. The lowest BCUT2D eigenvalue weighted by Gasteiger charge is -2.06. The van der Waals surface area contributed by atoms with Crippen molar-refractivity contribution in [3.8, 4) is 0 Å². The smallest absolute Gasteiger partial charge is 0.164 e. The van der Waals surface area contributed by atoms with Gasteiger partial charge in [-0.25, -0.2) is 4.98 Å². The minimum Gasteiger partial charge on any atom is -0.385 e. The highest BCUT2D eigenvalue weighted by molar-refractivity contribution is 5.43. The number of hydrogen-bond acceptors (Lipinski definition) is 4. The Kier molecular flexibility index (Phi) is 3.33. The molecule has 0 fully saturated rings. The van der Waals surface area contributed by atoms with Gasteiger partial charge >= 0.3 is 0 Å². The highest BCUT2D eigenvalue weighted by atomic mass is 15.3. The summed E-state index contributed by atoms with van der Waals surface area (Å²) in [5.74, 6) is 1.87. The van der Waals surface area contributed by atoms with E-state index in [2.05, 4.69) is 32.6 Å². The Bertz CT molecular complexity index is 718. The molecule has 0 unspecified atom stereocenters. The molecule has 1 N–H and O–H groups in total. The number of nitrogens with one attached hydrogen (secondary N) is 1. The number of nitrogens with zero attached hydrogens (tertiary/aromatic N) is 4. The average Bonchev–Trinajstić information content (AvgIpc) is 2.83. The van der Waals surface area contributed by atoms with E-state index < -0.39 is 0 Å². The second-order valence-corrected chi connectivity index (χ2v) is 4.80. The second-order valence-electron chi connectivity index (χ2n) is 4.80. The molecule has 0 aliphatic rings. The number of benzene rings is 1. The molecule has 5 heteroatoms. The van der Waals surface area contributed by atoms with E-state index in [4.69, 9.17) is 0 Å². The molecule has 3 aromatic rings. The molecule has 1 aromatic carbocycles. The molecule has 2 aromatic heterocycles. The first-order valence-corrected chi connectivity index (χ1v) is 6.71. The fourth-order valence-corrected chi connectivity index (χ4v) is 2.34. The van der Waals surface area contributed by atoms with Crippen molar-refractivity contribution in [3.63, 3.8) is 0 Å². The van der Waals surface area contributed by atoms with Gasteiger partial charge in [-0.3, -0.25) is 4.40 Å². The lowest BCUT2D eigenvalue weighted by atomic mass is 10.3. The first kappa shape index (κ1) is 12.6. The molecule has 0 spiro atoms. The number of aryl methyl sites for hydroxylation is 2. The van der Waals surface area contributed by atoms with Crippen LogP contribution < -0.4 is 5.32 Å². The van der Waals surface area contributed by atoms with Crippen LogP contribution in [0, 0.1) is 13.8 Å². The average molecular weight is 267 g/mol. The maximum absolute atomic E-state index is 4.46. The molecule has 0 radical (unpaired) electrons. The Morgan fingerprint density at radius 3 is 2.70 bits per heavy atom. The van der Waals surface area contributed by atoms with Crippen LogP contribution >= 0.6 is 0 Å². The summed E-state index contributed by atoms with van der Waals surface area (Å²) in [6, 6.07) is 12.1. The summed E-state index contributed by atoms with van der Waals surface area (Å²) in [5.41, 5.74) is 2.95. The van der Waals surface area contributed by atoms with Gasteiger partial charge in [-0.15, -0.1) is 10.2 Å². The van der Waals surface area contributed by atoms with E-state index in [0.717, 1.165) is 41.6 Å². The molecule has 0 aliphatic carbocycles. The van der Waals surface area contributed by atoms with Crippen molar-refractivity contribution in [1.29, 1.82) is 0 Å². The first-order chi connectivity index (χ1) is 9.74. The Balaban J connectivity index is 1.75. The number of fused-ring (bicyclic) bond motifs is 1. The van der Waals surface area contributed by atoms with Crippen LogP contribution in [0.4, 0.5) is 5.69 Å². The zero-order valence-electron chi connectivity index (χ0n) is 11.7. The number of anilines is 1. The molecule has 3 rings (SSSR count). The van der Waals surface area contributed by atoms with Crippen LogP contribution in [0.5, 0.6) is 0 Å². The summed E-state index contributed by atoms with van der Waals surface area (Å²) in [6.07, 6.45) is 0.807. The van der Waals surface area contributed by atoms with Gasteiger partial charge in [0.2, 0.25) is 0 Å². The zero-order chi connectivity index (χ0) is 13.9. The number of rotatable bonds is 4. The maximum Gasteiger partial charge on any atom is 0.164 e. The molecule has 0 saturated carbocycles. The van der Waals surface area contributed by atoms with Crippen LogP contribution in [-0.4, -0.2) is 26.1 Å².